The van der Waals surface area contributed by atoms with Crippen molar-refractivity contribution >= 4 is 5.97 Å². The minimum Gasteiger partial charge on any atom is -0.462 e. The topological polar surface area (TPSA) is 38.8 Å². The molecule has 0 bridgehead atoms. The lowest BCUT2D eigenvalue weighted by molar-refractivity contribution is -0.166. The molecule has 4 aliphatic carbocycles. The molecule has 3 nitrogen and oxygen atoms in total. The van der Waals surface area contributed by atoms with Gasteiger partial charge in [-0.2, -0.15) is 0 Å². The Labute approximate surface area is 202 Å². The van der Waals surface area contributed by atoms with Crippen LogP contribution < -0.4 is 0 Å². The average Bonchev–Trinajstić information content (AvgIpc) is 3.18. The third-order valence-corrected chi connectivity index (χ3v) is 11.6. The zero-order valence-corrected chi connectivity index (χ0v) is 22.4. The fourth-order valence-electron chi connectivity index (χ4n) is 9.55. The molecule has 0 aromatic rings. The van der Waals surface area contributed by atoms with Crippen molar-refractivity contribution in [3.05, 3.63) is 11.1 Å². The standard InChI is InChI=1S/C30H48O3/c1-19(31)32-25-16-18-30(7)23-15-17-29(6)20(9-8-10-26-28(4,5)33-26)11-13-22(29)21(23)12-14-24(30)27(25,2)3/h20,22,24-26H,8-18H2,1-7H3. The van der Waals surface area contributed by atoms with Crippen molar-refractivity contribution in [2.45, 2.75) is 137 Å². The first kappa shape index (κ1) is 23.9. The van der Waals surface area contributed by atoms with Gasteiger partial charge in [0.1, 0.15) is 6.10 Å². The molecule has 0 radical (unpaired) electrons. The fraction of sp³-hybridized carbons (Fsp3) is 0.900. The lowest BCUT2D eigenvalue weighted by Gasteiger charge is -2.60. The molecule has 5 aliphatic rings. The number of hydrogen-bond acceptors (Lipinski definition) is 3. The predicted octanol–water partition coefficient (Wildman–Crippen LogP) is 7.63. The van der Waals surface area contributed by atoms with E-state index in [0.29, 0.717) is 22.9 Å². The van der Waals surface area contributed by atoms with Crippen LogP contribution in [0.1, 0.15) is 119 Å². The molecule has 3 heteroatoms. The molecular weight excluding hydrogens is 408 g/mol. The van der Waals surface area contributed by atoms with E-state index in [2.05, 4.69) is 41.5 Å². The minimum absolute atomic E-state index is 0.0504. The third kappa shape index (κ3) is 3.74. The zero-order valence-electron chi connectivity index (χ0n) is 22.4. The number of epoxide rings is 1. The van der Waals surface area contributed by atoms with E-state index < -0.39 is 0 Å². The molecule has 5 rings (SSSR count). The molecule has 0 aromatic carbocycles. The van der Waals surface area contributed by atoms with Gasteiger partial charge in [0.15, 0.2) is 0 Å². The number of rotatable bonds is 5. The number of esters is 1. The summed E-state index contributed by atoms with van der Waals surface area (Å²) < 4.78 is 11.7. The van der Waals surface area contributed by atoms with Crippen LogP contribution in [0.25, 0.3) is 0 Å². The molecule has 0 spiro atoms. The van der Waals surface area contributed by atoms with Crippen LogP contribution in [0.3, 0.4) is 0 Å². The van der Waals surface area contributed by atoms with Gasteiger partial charge < -0.3 is 9.47 Å². The SMILES string of the molecule is CC(=O)OC1CCC2(C)C3=C(CCC2C1(C)C)C1CCC(CCCC2OC2(C)C)C1(C)CC3. The maximum Gasteiger partial charge on any atom is 0.302 e. The highest BCUT2D eigenvalue weighted by Crippen LogP contribution is 2.67. The van der Waals surface area contributed by atoms with E-state index in [1.54, 1.807) is 6.92 Å². The van der Waals surface area contributed by atoms with Crippen molar-refractivity contribution in [3.8, 4) is 0 Å². The molecule has 7 atom stereocenters. The Morgan fingerprint density at radius 2 is 1.70 bits per heavy atom. The van der Waals surface area contributed by atoms with Crippen LogP contribution in [0.4, 0.5) is 0 Å². The van der Waals surface area contributed by atoms with Crippen LogP contribution in [0.5, 0.6) is 0 Å². The highest BCUT2D eigenvalue weighted by Gasteiger charge is 2.59. The molecule has 2 saturated carbocycles. The normalized spacial score (nSPS) is 45.1. The van der Waals surface area contributed by atoms with Gasteiger partial charge in [-0.15, -0.1) is 0 Å². The maximum atomic E-state index is 11.8. The molecule has 7 unspecified atom stereocenters. The van der Waals surface area contributed by atoms with Gasteiger partial charge in [0.2, 0.25) is 0 Å². The largest absolute Gasteiger partial charge is 0.462 e. The number of ether oxygens (including phenoxy) is 2. The Kier molecular flexibility index (Phi) is 5.67. The Morgan fingerprint density at radius 3 is 2.36 bits per heavy atom. The highest BCUT2D eigenvalue weighted by atomic mass is 16.6. The highest BCUT2D eigenvalue weighted by molar-refractivity contribution is 5.66. The summed E-state index contributed by atoms with van der Waals surface area (Å²) in [5.74, 6) is 2.20. The molecule has 0 amide bonds. The molecule has 186 valence electrons. The van der Waals surface area contributed by atoms with E-state index in [0.717, 1.165) is 18.3 Å². The van der Waals surface area contributed by atoms with Crippen LogP contribution in [0.15, 0.2) is 11.1 Å². The zero-order chi connectivity index (χ0) is 23.8. The van der Waals surface area contributed by atoms with Crippen molar-refractivity contribution in [3.63, 3.8) is 0 Å². The molecule has 1 aliphatic heterocycles. The molecule has 3 fully saturated rings. The smallest absolute Gasteiger partial charge is 0.302 e. The Hall–Kier alpha value is -0.830. The first-order chi connectivity index (χ1) is 15.4. The number of carbonyl (C=O) groups excluding carboxylic acids is 1. The van der Waals surface area contributed by atoms with Crippen molar-refractivity contribution in [2.75, 3.05) is 0 Å². The lowest BCUT2D eigenvalue weighted by Crippen LogP contribution is -2.54. The molecule has 1 saturated heterocycles. The predicted molar refractivity (Wildman–Crippen MR) is 133 cm³/mol. The molecular formula is C30H48O3. The van der Waals surface area contributed by atoms with Crippen LogP contribution in [-0.4, -0.2) is 23.8 Å². The van der Waals surface area contributed by atoms with Gasteiger partial charge in [-0.25, -0.2) is 0 Å². The van der Waals surface area contributed by atoms with Gasteiger partial charge in [0.25, 0.3) is 0 Å². The van der Waals surface area contributed by atoms with Crippen LogP contribution in [0, 0.1) is 34.0 Å². The van der Waals surface area contributed by atoms with Gasteiger partial charge in [-0.05, 0) is 107 Å². The summed E-state index contributed by atoms with van der Waals surface area (Å²) in [5, 5.41) is 0. The van der Waals surface area contributed by atoms with Gasteiger partial charge >= 0.3 is 5.97 Å². The number of fused-ring (bicyclic) bond motifs is 4. The summed E-state index contributed by atoms with van der Waals surface area (Å²) in [6, 6.07) is 0. The number of allylic oxidation sites excluding steroid dienone is 2. The van der Waals surface area contributed by atoms with Crippen molar-refractivity contribution < 1.29 is 14.3 Å². The van der Waals surface area contributed by atoms with Crippen LogP contribution >= 0.6 is 0 Å². The summed E-state index contributed by atoms with van der Waals surface area (Å²) in [6.45, 7) is 16.0. The quantitative estimate of drug-likeness (QED) is 0.242. The van der Waals surface area contributed by atoms with Crippen LogP contribution in [0.2, 0.25) is 0 Å². The van der Waals surface area contributed by atoms with E-state index in [4.69, 9.17) is 9.47 Å². The lowest BCUT2D eigenvalue weighted by atomic mass is 9.46. The van der Waals surface area contributed by atoms with Gasteiger partial charge in [-0.1, -0.05) is 45.3 Å². The molecule has 0 N–H and O–H groups in total. The van der Waals surface area contributed by atoms with Gasteiger partial charge in [0.05, 0.1) is 11.7 Å². The van der Waals surface area contributed by atoms with Crippen molar-refractivity contribution in [1.82, 2.24) is 0 Å². The maximum absolute atomic E-state index is 11.8. The average molecular weight is 457 g/mol. The third-order valence-electron chi connectivity index (χ3n) is 11.6. The summed E-state index contributed by atoms with van der Waals surface area (Å²) in [7, 11) is 0. The second-order valence-electron chi connectivity index (χ2n) is 13.9. The van der Waals surface area contributed by atoms with E-state index in [-0.39, 0.29) is 23.1 Å². The van der Waals surface area contributed by atoms with E-state index in [9.17, 15) is 4.79 Å². The minimum atomic E-state index is -0.116. The van der Waals surface area contributed by atoms with Crippen molar-refractivity contribution in [2.24, 2.45) is 34.0 Å². The summed E-state index contributed by atoms with van der Waals surface area (Å²) in [4.78, 5) is 11.8. The summed E-state index contributed by atoms with van der Waals surface area (Å²) >= 11 is 0. The summed E-state index contributed by atoms with van der Waals surface area (Å²) in [5.41, 5.74) is 4.70. The van der Waals surface area contributed by atoms with Gasteiger partial charge in [0, 0.05) is 12.3 Å². The number of hydrogen-bond donors (Lipinski definition) is 0. The van der Waals surface area contributed by atoms with E-state index in [1.165, 1.54) is 64.2 Å². The first-order valence-electron chi connectivity index (χ1n) is 14.0. The Morgan fingerprint density at radius 1 is 0.970 bits per heavy atom. The fourth-order valence-corrected chi connectivity index (χ4v) is 9.55. The van der Waals surface area contributed by atoms with E-state index >= 15 is 0 Å². The second kappa shape index (κ2) is 7.84. The second-order valence-corrected chi connectivity index (χ2v) is 13.9. The first-order valence-corrected chi connectivity index (χ1v) is 14.0. The Bertz CT molecular complexity index is 837. The number of carbonyl (C=O) groups is 1. The monoisotopic (exact) mass is 456 g/mol. The van der Waals surface area contributed by atoms with Gasteiger partial charge in [-0.3, -0.25) is 4.79 Å². The molecule has 1 heterocycles. The van der Waals surface area contributed by atoms with Crippen LogP contribution in [-0.2, 0) is 14.3 Å². The summed E-state index contributed by atoms with van der Waals surface area (Å²) in [6.07, 6.45) is 14.8. The Balaban J connectivity index is 1.33. The van der Waals surface area contributed by atoms with E-state index in [1.807, 2.05) is 11.1 Å². The molecule has 33 heavy (non-hydrogen) atoms. The molecule has 0 aromatic heterocycles. The van der Waals surface area contributed by atoms with Crippen molar-refractivity contribution in [1.29, 1.82) is 0 Å².